The van der Waals surface area contributed by atoms with Gasteiger partial charge in [0, 0.05) is 30.5 Å². The number of aromatic amines is 1. The summed E-state index contributed by atoms with van der Waals surface area (Å²) in [5, 5.41) is 3.45. The van der Waals surface area contributed by atoms with Crippen molar-refractivity contribution in [3.05, 3.63) is 35.7 Å². The van der Waals surface area contributed by atoms with Crippen molar-refractivity contribution in [3.8, 4) is 0 Å². The average Bonchev–Trinajstić information content (AvgIpc) is 2.95. The number of nitrogens with zero attached hydrogens (tertiary/aromatic N) is 1. The molecule has 1 aromatic rings. The van der Waals surface area contributed by atoms with Crippen LogP contribution >= 0.6 is 0 Å². The lowest BCUT2D eigenvalue weighted by atomic mass is 9.97. The number of H-pyrrole nitrogens is 1. The predicted octanol–water partition coefficient (Wildman–Crippen LogP) is 3.55. The number of hydrogen-bond acceptors (Lipinski definition) is 2. The largest absolute Gasteiger partial charge is 0.361 e. The molecule has 2 rings (SSSR count). The molecular weight excluding hydrogens is 270 g/mol. The Hall–Kier alpha value is -1.32. The number of nitrogens with one attached hydrogen (secondary N) is 2. The van der Waals surface area contributed by atoms with Crippen LogP contribution in [0.5, 0.6) is 0 Å². The van der Waals surface area contributed by atoms with E-state index in [0.29, 0.717) is 0 Å². The molecule has 0 radical (unpaired) electrons. The average molecular weight is 301 g/mol. The first kappa shape index (κ1) is 17.0. The summed E-state index contributed by atoms with van der Waals surface area (Å²) in [5.74, 6) is 0.867. The summed E-state index contributed by atoms with van der Waals surface area (Å²) in [7, 11) is 0. The lowest BCUT2D eigenvalue weighted by Gasteiger charge is -2.29. The maximum absolute atomic E-state index is 3.89. The predicted molar refractivity (Wildman–Crippen MR) is 97.0 cm³/mol. The number of rotatable bonds is 8. The van der Waals surface area contributed by atoms with Crippen LogP contribution in [-0.4, -0.2) is 42.6 Å². The molecule has 0 atom stereocenters. The third-order valence-electron chi connectivity index (χ3n) is 4.70. The topological polar surface area (TPSA) is 31.1 Å². The highest BCUT2D eigenvalue weighted by Gasteiger charge is 2.16. The lowest BCUT2D eigenvalue weighted by molar-refractivity contribution is 0.215. The van der Waals surface area contributed by atoms with Gasteiger partial charge in [-0.25, -0.2) is 0 Å². The van der Waals surface area contributed by atoms with Crippen LogP contribution in [0.15, 0.2) is 18.9 Å². The van der Waals surface area contributed by atoms with E-state index < -0.39 is 0 Å². The van der Waals surface area contributed by atoms with Crippen LogP contribution in [0, 0.1) is 5.92 Å². The molecule has 3 nitrogen and oxygen atoms in total. The fourth-order valence-corrected chi connectivity index (χ4v) is 3.32. The summed E-state index contributed by atoms with van der Waals surface area (Å²) in [6.45, 7) is 14.1. The van der Waals surface area contributed by atoms with Gasteiger partial charge in [0.05, 0.1) is 0 Å². The molecule has 1 saturated heterocycles. The van der Waals surface area contributed by atoms with Crippen LogP contribution in [0.1, 0.15) is 43.5 Å². The number of aromatic nitrogens is 1. The molecule has 2 heterocycles. The Bertz CT molecular complexity index is 481. The van der Waals surface area contributed by atoms with Crippen molar-refractivity contribution in [2.24, 2.45) is 5.92 Å². The number of likely N-dealkylation sites (N-methyl/N-ethyl adjacent to an activating group) is 1. The molecule has 2 N–H and O–H groups in total. The molecule has 0 spiro atoms. The van der Waals surface area contributed by atoms with Crippen LogP contribution in [0.4, 0.5) is 0 Å². The van der Waals surface area contributed by atoms with Gasteiger partial charge in [-0.1, -0.05) is 25.7 Å². The summed E-state index contributed by atoms with van der Waals surface area (Å²) >= 11 is 0. The molecule has 0 saturated carbocycles. The van der Waals surface area contributed by atoms with Gasteiger partial charge in [-0.2, -0.15) is 0 Å². The van der Waals surface area contributed by atoms with Crippen LogP contribution in [-0.2, 0) is 6.42 Å². The molecule has 1 fully saturated rings. The smallest absolute Gasteiger partial charge is 0.0450 e. The summed E-state index contributed by atoms with van der Waals surface area (Å²) < 4.78 is 0. The van der Waals surface area contributed by atoms with Gasteiger partial charge in [-0.3, -0.25) is 0 Å². The maximum Gasteiger partial charge on any atom is 0.0450 e. The zero-order valence-corrected chi connectivity index (χ0v) is 14.2. The molecule has 1 aliphatic rings. The second-order valence-corrected chi connectivity index (χ2v) is 6.18. The Balaban J connectivity index is 1.92. The summed E-state index contributed by atoms with van der Waals surface area (Å²) in [6.07, 6.45) is 12.1. The van der Waals surface area contributed by atoms with E-state index in [1.54, 1.807) is 0 Å². The Labute approximate surface area is 135 Å². The monoisotopic (exact) mass is 301 g/mol. The van der Waals surface area contributed by atoms with E-state index in [1.165, 1.54) is 43.6 Å². The number of allylic oxidation sites excluding steroid dienone is 1. The van der Waals surface area contributed by atoms with Gasteiger partial charge in [0.1, 0.15) is 0 Å². The maximum atomic E-state index is 3.89. The minimum absolute atomic E-state index is 0.867. The van der Waals surface area contributed by atoms with E-state index in [9.17, 15) is 0 Å². The normalized spacial score (nSPS) is 16.7. The fraction of sp³-hybridized carbons (Fsp3) is 0.579. The highest BCUT2D eigenvalue weighted by Crippen LogP contribution is 2.19. The molecule has 0 amide bonds. The van der Waals surface area contributed by atoms with Crippen molar-refractivity contribution in [2.45, 2.75) is 33.1 Å². The third kappa shape index (κ3) is 4.59. The van der Waals surface area contributed by atoms with Crippen LogP contribution in [0.25, 0.3) is 12.2 Å². The molecule has 0 aliphatic carbocycles. The summed E-state index contributed by atoms with van der Waals surface area (Å²) in [5.41, 5.74) is 3.83. The van der Waals surface area contributed by atoms with Crippen LogP contribution in [0.2, 0.25) is 0 Å². The van der Waals surface area contributed by atoms with Crippen LogP contribution < -0.4 is 5.32 Å². The Morgan fingerprint density at radius 2 is 2.14 bits per heavy atom. The standard InChI is InChI=1S/C19H31N3/c1-4-7-18-17(14-21-19(18)5-2)10-13-22(6-3)15-16-8-11-20-12-9-16/h4-5,7,14,16,20-21H,2,6,8-13,15H2,1,3H3/b7-4-. The van der Waals surface area contributed by atoms with E-state index in [2.05, 4.69) is 54.0 Å². The number of hydrogen-bond donors (Lipinski definition) is 2. The molecule has 1 aliphatic heterocycles. The summed E-state index contributed by atoms with van der Waals surface area (Å²) in [6, 6.07) is 0. The minimum Gasteiger partial charge on any atom is -0.361 e. The Morgan fingerprint density at radius 3 is 2.77 bits per heavy atom. The quantitative estimate of drug-likeness (QED) is 0.769. The fourth-order valence-electron chi connectivity index (χ4n) is 3.32. The Kier molecular flexibility index (Phi) is 6.94. The van der Waals surface area contributed by atoms with E-state index >= 15 is 0 Å². The van der Waals surface area contributed by atoms with Crippen molar-refractivity contribution in [2.75, 3.05) is 32.7 Å². The molecule has 3 heteroatoms. The van der Waals surface area contributed by atoms with Crippen molar-refractivity contribution in [1.29, 1.82) is 0 Å². The first-order valence-electron chi connectivity index (χ1n) is 8.66. The first-order valence-corrected chi connectivity index (χ1v) is 8.66. The van der Waals surface area contributed by atoms with E-state index in [4.69, 9.17) is 0 Å². The summed E-state index contributed by atoms with van der Waals surface area (Å²) in [4.78, 5) is 5.94. The zero-order chi connectivity index (χ0) is 15.8. The van der Waals surface area contributed by atoms with Gasteiger partial charge in [0.2, 0.25) is 0 Å². The molecule has 0 aromatic carbocycles. The lowest BCUT2D eigenvalue weighted by Crippen LogP contribution is -2.37. The van der Waals surface area contributed by atoms with E-state index in [-0.39, 0.29) is 0 Å². The Morgan fingerprint density at radius 1 is 1.36 bits per heavy atom. The molecule has 0 unspecified atom stereocenters. The molecule has 122 valence electrons. The highest BCUT2D eigenvalue weighted by atomic mass is 15.1. The second kappa shape index (κ2) is 8.96. The van der Waals surface area contributed by atoms with Crippen molar-refractivity contribution in [1.82, 2.24) is 15.2 Å². The molecule has 0 bridgehead atoms. The van der Waals surface area contributed by atoms with Gasteiger partial charge in [0.15, 0.2) is 0 Å². The molecule has 1 aromatic heterocycles. The zero-order valence-electron chi connectivity index (χ0n) is 14.2. The van der Waals surface area contributed by atoms with E-state index in [1.807, 2.05) is 6.08 Å². The van der Waals surface area contributed by atoms with Crippen molar-refractivity contribution in [3.63, 3.8) is 0 Å². The van der Waals surface area contributed by atoms with E-state index in [0.717, 1.165) is 31.1 Å². The van der Waals surface area contributed by atoms with Gasteiger partial charge < -0.3 is 15.2 Å². The minimum atomic E-state index is 0.867. The third-order valence-corrected chi connectivity index (χ3v) is 4.70. The first-order chi connectivity index (χ1) is 10.8. The van der Waals surface area contributed by atoms with Crippen molar-refractivity contribution >= 4 is 12.2 Å². The van der Waals surface area contributed by atoms with Crippen molar-refractivity contribution < 1.29 is 0 Å². The van der Waals surface area contributed by atoms with Gasteiger partial charge in [0.25, 0.3) is 0 Å². The van der Waals surface area contributed by atoms with Gasteiger partial charge >= 0.3 is 0 Å². The van der Waals surface area contributed by atoms with Gasteiger partial charge in [-0.15, -0.1) is 0 Å². The second-order valence-electron chi connectivity index (χ2n) is 6.18. The van der Waals surface area contributed by atoms with Gasteiger partial charge in [-0.05, 0) is 63.4 Å². The highest BCUT2D eigenvalue weighted by molar-refractivity contribution is 5.65. The number of piperidine rings is 1. The SMILES string of the molecule is C=Cc1[nH]cc(CCN(CC)CC2CCNCC2)c1/C=C\C. The molecule has 22 heavy (non-hydrogen) atoms. The van der Waals surface area contributed by atoms with Crippen LogP contribution in [0.3, 0.4) is 0 Å². The molecular formula is C19H31N3.